The van der Waals surface area contributed by atoms with Gasteiger partial charge in [-0.1, -0.05) is 23.8 Å². The molecule has 1 amide bonds. The summed E-state index contributed by atoms with van der Waals surface area (Å²) in [7, 11) is 0. The van der Waals surface area contributed by atoms with E-state index < -0.39 is 5.97 Å². The van der Waals surface area contributed by atoms with E-state index in [9.17, 15) is 9.59 Å². The lowest BCUT2D eigenvalue weighted by molar-refractivity contribution is -0.133. The third-order valence-corrected chi connectivity index (χ3v) is 3.44. The topological polar surface area (TPSA) is 59.8 Å². The highest BCUT2D eigenvalue weighted by Gasteiger charge is 2.18. The molecule has 23 heavy (non-hydrogen) atoms. The molecule has 1 aromatic heterocycles. The molecule has 0 aliphatic carbocycles. The number of furan rings is 1. The van der Waals surface area contributed by atoms with Crippen molar-refractivity contribution in [2.75, 3.05) is 19.7 Å². The molecule has 0 saturated heterocycles. The Morgan fingerprint density at radius 1 is 1.35 bits per heavy atom. The Morgan fingerprint density at radius 3 is 2.74 bits per heavy atom. The largest absolute Gasteiger partial charge is 0.450 e. The van der Waals surface area contributed by atoms with Gasteiger partial charge in [-0.2, -0.15) is 0 Å². The number of benzene rings is 1. The summed E-state index contributed by atoms with van der Waals surface area (Å²) in [6, 6.07) is 6.57. The van der Waals surface area contributed by atoms with Gasteiger partial charge in [0.15, 0.2) is 6.61 Å². The van der Waals surface area contributed by atoms with Crippen LogP contribution in [-0.4, -0.2) is 36.5 Å². The van der Waals surface area contributed by atoms with Crippen LogP contribution in [-0.2, 0) is 9.53 Å². The molecule has 1 aromatic carbocycles. The van der Waals surface area contributed by atoms with Gasteiger partial charge in [0.25, 0.3) is 5.91 Å². The summed E-state index contributed by atoms with van der Waals surface area (Å²) in [5.74, 6) is -0.918. The summed E-state index contributed by atoms with van der Waals surface area (Å²) < 4.78 is 10.4. The van der Waals surface area contributed by atoms with Gasteiger partial charge in [-0.05, 0) is 38.1 Å². The molecule has 0 aliphatic rings. The highest BCUT2D eigenvalue weighted by Crippen LogP contribution is 2.23. The minimum absolute atomic E-state index is 0.0398. The molecule has 122 valence electrons. The molecule has 6 heteroatoms. The molecular weight excluding hydrogens is 318 g/mol. The predicted molar refractivity (Wildman–Crippen MR) is 88.6 cm³/mol. The van der Waals surface area contributed by atoms with E-state index in [4.69, 9.17) is 20.8 Å². The van der Waals surface area contributed by atoms with Crippen LogP contribution in [0.4, 0.5) is 0 Å². The minimum atomic E-state index is -0.683. The Labute approximate surface area is 139 Å². The summed E-state index contributed by atoms with van der Waals surface area (Å²) in [6.07, 6.45) is 0. The molecule has 0 unspecified atom stereocenters. The van der Waals surface area contributed by atoms with Crippen LogP contribution in [0, 0.1) is 0 Å². The summed E-state index contributed by atoms with van der Waals surface area (Å²) in [5.41, 5.74) is 1.39. The third-order valence-electron chi connectivity index (χ3n) is 3.20. The number of halogens is 1. The number of amides is 1. The zero-order valence-electron chi connectivity index (χ0n) is 13.1. The normalized spacial score (nSPS) is 10.6. The maximum Gasteiger partial charge on any atom is 0.374 e. The van der Waals surface area contributed by atoms with E-state index >= 15 is 0 Å². The number of esters is 1. The van der Waals surface area contributed by atoms with Gasteiger partial charge in [0, 0.05) is 23.5 Å². The maximum absolute atomic E-state index is 12.0. The Hall–Kier alpha value is -2.27. The monoisotopic (exact) mass is 335 g/mol. The molecule has 5 nitrogen and oxygen atoms in total. The lowest BCUT2D eigenvalue weighted by Crippen LogP contribution is -2.35. The first-order valence-corrected chi connectivity index (χ1v) is 7.57. The fourth-order valence-corrected chi connectivity index (χ4v) is 2.29. The van der Waals surface area contributed by atoms with Crippen LogP contribution in [0.5, 0.6) is 0 Å². The first-order valence-electron chi connectivity index (χ1n) is 7.19. The zero-order valence-corrected chi connectivity index (χ0v) is 13.9. The van der Waals surface area contributed by atoms with Crippen LogP contribution in [0.15, 0.2) is 40.8 Å². The van der Waals surface area contributed by atoms with Crippen molar-refractivity contribution in [2.45, 2.75) is 13.8 Å². The summed E-state index contributed by atoms with van der Waals surface area (Å²) >= 11 is 5.89. The molecule has 0 spiro atoms. The van der Waals surface area contributed by atoms with Gasteiger partial charge < -0.3 is 14.1 Å². The quantitative estimate of drug-likeness (QED) is 0.597. The van der Waals surface area contributed by atoms with Crippen molar-refractivity contribution >= 4 is 34.4 Å². The first kappa shape index (κ1) is 17.1. The smallest absolute Gasteiger partial charge is 0.374 e. The molecule has 0 saturated carbocycles. The molecule has 0 radical (unpaired) electrons. The fraction of sp³-hybridized carbons (Fsp3) is 0.294. The van der Waals surface area contributed by atoms with Crippen LogP contribution < -0.4 is 0 Å². The zero-order chi connectivity index (χ0) is 17.0. The number of hydrogen-bond donors (Lipinski definition) is 0. The van der Waals surface area contributed by atoms with Crippen molar-refractivity contribution in [3.63, 3.8) is 0 Å². The van der Waals surface area contributed by atoms with Gasteiger partial charge in [0.2, 0.25) is 5.76 Å². The van der Waals surface area contributed by atoms with E-state index in [2.05, 4.69) is 6.58 Å². The molecule has 0 fully saturated rings. The van der Waals surface area contributed by atoms with E-state index in [1.165, 1.54) is 0 Å². The molecular formula is C17H18ClNO4. The lowest BCUT2D eigenvalue weighted by atomic mass is 10.2. The second-order valence-corrected chi connectivity index (χ2v) is 5.67. The summed E-state index contributed by atoms with van der Waals surface area (Å²) in [6.45, 7) is 8.08. The standard InChI is InChI=1S/C17H18ClNO4/c1-4-19(9-11(2)3)16(20)10-22-17(21)15-8-12-7-13(18)5-6-14(12)23-15/h5-8H,2,4,9-10H2,1,3H3. The number of carbonyl (C=O) groups is 2. The minimum Gasteiger partial charge on any atom is -0.450 e. The Kier molecular flexibility index (Phi) is 5.45. The molecule has 0 atom stereocenters. The van der Waals surface area contributed by atoms with Gasteiger partial charge in [-0.3, -0.25) is 4.79 Å². The number of nitrogens with zero attached hydrogens (tertiary/aromatic N) is 1. The van der Waals surface area contributed by atoms with Crippen molar-refractivity contribution in [2.24, 2.45) is 0 Å². The van der Waals surface area contributed by atoms with Crippen molar-refractivity contribution in [3.05, 3.63) is 47.2 Å². The van der Waals surface area contributed by atoms with Crippen LogP contribution in [0.1, 0.15) is 24.4 Å². The predicted octanol–water partition coefficient (Wildman–Crippen LogP) is 3.67. The number of fused-ring (bicyclic) bond motifs is 1. The number of ether oxygens (including phenoxy) is 1. The van der Waals surface area contributed by atoms with Gasteiger partial charge in [-0.15, -0.1) is 0 Å². The van der Waals surface area contributed by atoms with Gasteiger partial charge in [0.1, 0.15) is 5.58 Å². The molecule has 2 rings (SSSR count). The third kappa shape index (κ3) is 4.36. The first-order chi connectivity index (χ1) is 10.9. The second-order valence-electron chi connectivity index (χ2n) is 5.23. The average Bonchev–Trinajstić information content (AvgIpc) is 2.92. The number of likely N-dealkylation sites (N-methyl/N-ethyl adjacent to an activating group) is 1. The van der Waals surface area contributed by atoms with Crippen LogP contribution in [0.3, 0.4) is 0 Å². The Balaban J connectivity index is 2.00. The summed E-state index contributed by atoms with van der Waals surface area (Å²) in [4.78, 5) is 25.6. The van der Waals surface area contributed by atoms with E-state index in [1.54, 1.807) is 29.2 Å². The number of carbonyl (C=O) groups excluding carboxylic acids is 2. The molecule has 0 aliphatic heterocycles. The number of hydrogen-bond acceptors (Lipinski definition) is 4. The van der Waals surface area contributed by atoms with Crippen molar-refractivity contribution in [3.8, 4) is 0 Å². The second kappa shape index (κ2) is 7.33. The van der Waals surface area contributed by atoms with Crippen LogP contribution >= 0.6 is 11.6 Å². The highest BCUT2D eigenvalue weighted by molar-refractivity contribution is 6.31. The maximum atomic E-state index is 12.0. The van der Waals surface area contributed by atoms with Gasteiger partial charge in [-0.25, -0.2) is 4.79 Å². The summed E-state index contributed by atoms with van der Waals surface area (Å²) in [5, 5.41) is 1.25. The van der Waals surface area contributed by atoms with E-state index in [-0.39, 0.29) is 18.3 Å². The van der Waals surface area contributed by atoms with Crippen LogP contribution in [0.25, 0.3) is 11.0 Å². The van der Waals surface area contributed by atoms with Crippen molar-refractivity contribution < 1.29 is 18.7 Å². The Morgan fingerprint density at radius 2 is 2.09 bits per heavy atom. The van der Waals surface area contributed by atoms with Gasteiger partial charge in [0.05, 0.1) is 0 Å². The Bertz CT molecular complexity index is 750. The average molecular weight is 336 g/mol. The van der Waals surface area contributed by atoms with Crippen molar-refractivity contribution in [1.29, 1.82) is 0 Å². The van der Waals surface area contributed by atoms with Gasteiger partial charge >= 0.3 is 5.97 Å². The van der Waals surface area contributed by atoms with E-state index in [0.717, 1.165) is 5.57 Å². The number of rotatable bonds is 6. The molecule has 2 aromatic rings. The molecule has 0 bridgehead atoms. The SMILES string of the molecule is C=C(C)CN(CC)C(=O)COC(=O)c1cc2cc(Cl)ccc2o1. The highest BCUT2D eigenvalue weighted by atomic mass is 35.5. The lowest BCUT2D eigenvalue weighted by Gasteiger charge is -2.20. The van der Waals surface area contributed by atoms with E-state index in [0.29, 0.717) is 29.1 Å². The molecule has 1 heterocycles. The molecule has 0 N–H and O–H groups in total. The fourth-order valence-electron chi connectivity index (χ4n) is 2.11. The van der Waals surface area contributed by atoms with Crippen molar-refractivity contribution in [1.82, 2.24) is 4.90 Å². The van der Waals surface area contributed by atoms with E-state index in [1.807, 2.05) is 13.8 Å². The van der Waals surface area contributed by atoms with Crippen LogP contribution in [0.2, 0.25) is 5.02 Å².